The van der Waals surface area contributed by atoms with Gasteiger partial charge in [-0.05, 0) is 50.5 Å². The summed E-state index contributed by atoms with van der Waals surface area (Å²) in [6, 6.07) is 7.70. The van der Waals surface area contributed by atoms with Gasteiger partial charge in [-0.1, -0.05) is 32.1 Å². The Kier molecular flexibility index (Phi) is 4.15. The van der Waals surface area contributed by atoms with Crippen LogP contribution in [0, 0.1) is 5.92 Å². The number of ether oxygens (including phenoxy) is 1. The van der Waals surface area contributed by atoms with E-state index >= 15 is 0 Å². The topological polar surface area (TPSA) is 35.2 Å². The molecule has 2 rings (SSSR count). The lowest BCUT2D eigenvalue weighted by molar-refractivity contribution is 0.0712. The summed E-state index contributed by atoms with van der Waals surface area (Å²) >= 11 is 0. The molecule has 0 aliphatic heterocycles. The second kappa shape index (κ2) is 5.64. The number of benzene rings is 1. The molecular formula is C16H25NO. The van der Waals surface area contributed by atoms with Crippen molar-refractivity contribution in [3.63, 3.8) is 0 Å². The Labute approximate surface area is 111 Å². The Morgan fingerprint density at radius 3 is 2.33 bits per heavy atom. The molecule has 18 heavy (non-hydrogen) atoms. The summed E-state index contributed by atoms with van der Waals surface area (Å²) < 4.78 is 6.10. The highest BCUT2D eigenvalue weighted by Crippen LogP contribution is 2.32. The molecule has 2 heteroatoms. The average molecular weight is 247 g/mol. The molecule has 0 heterocycles. The van der Waals surface area contributed by atoms with Crippen LogP contribution in [0.25, 0.3) is 0 Å². The van der Waals surface area contributed by atoms with Crippen molar-refractivity contribution in [3.05, 3.63) is 24.3 Å². The van der Waals surface area contributed by atoms with Crippen LogP contribution >= 0.6 is 0 Å². The maximum absolute atomic E-state index is 6.10. The number of nitrogen functional groups attached to an aromatic ring is 1. The zero-order chi connectivity index (χ0) is 13.0. The Balaban J connectivity index is 1.91. The van der Waals surface area contributed by atoms with Crippen molar-refractivity contribution < 1.29 is 4.74 Å². The maximum Gasteiger partial charge on any atom is 0.120 e. The minimum absolute atomic E-state index is 0.0852. The van der Waals surface area contributed by atoms with Gasteiger partial charge >= 0.3 is 0 Å². The van der Waals surface area contributed by atoms with Crippen molar-refractivity contribution in [2.75, 3.05) is 5.73 Å². The quantitative estimate of drug-likeness (QED) is 0.800. The molecule has 0 bridgehead atoms. The lowest BCUT2D eigenvalue weighted by Gasteiger charge is -2.32. The first kappa shape index (κ1) is 13.3. The van der Waals surface area contributed by atoms with Crippen LogP contribution in [0.1, 0.15) is 52.4 Å². The summed E-state index contributed by atoms with van der Waals surface area (Å²) in [6.07, 6.45) is 8.08. The molecule has 0 amide bonds. The van der Waals surface area contributed by atoms with Crippen LogP contribution in [0.15, 0.2) is 24.3 Å². The van der Waals surface area contributed by atoms with Crippen LogP contribution < -0.4 is 10.5 Å². The molecule has 0 radical (unpaired) electrons. The summed E-state index contributed by atoms with van der Waals surface area (Å²) in [5.41, 5.74) is 6.38. The van der Waals surface area contributed by atoms with Crippen molar-refractivity contribution in [2.24, 2.45) is 5.92 Å². The Morgan fingerprint density at radius 1 is 1.11 bits per heavy atom. The third kappa shape index (κ3) is 3.94. The summed E-state index contributed by atoms with van der Waals surface area (Å²) in [5, 5.41) is 0. The van der Waals surface area contributed by atoms with Crippen LogP contribution in [-0.2, 0) is 0 Å². The predicted octanol–water partition coefficient (Wildman–Crippen LogP) is 4.40. The summed E-state index contributed by atoms with van der Waals surface area (Å²) in [4.78, 5) is 0. The smallest absolute Gasteiger partial charge is 0.120 e. The van der Waals surface area contributed by atoms with Crippen molar-refractivity contribution >= 4 is 5.69 Å². The van der Waals surface area contributed by atoms with Gasteiger partial charge in [0, 0.05) is 5.69 Å². The van der Waals surface area contributed by atoms with Crippen LogP contribution in [-0.4, -0.2) is 5.60 Å². The SMILES string of the molecule is CC(C)(CC1CCCCC1)Oc1ccc(N)cc1. The highest BCUT2D eigenvalue weighted by Gasteiger charge is 2.26. The summed E-state index contributed by atoms with van der Waals surface area (Å²) in [7, 11) is 0. The first-order valence-electron chi connectivity index (χ1n) is 7.10. The van der Waals surface area contributed by atoms with E-state index in [1.54, 1.807) is 0 Å². The molecule has 0 aromatic heterocycles. The van der Waals surface area contributed by atoms with Gasteiger partial charge in [-0.3, -0.25) is 0 Å². The number of rotatable bonds is 4. The fourth-order valence-corrected chi connectivity index (χ4v) is 2.98. The summed E-state index contributed by atoms with van der Waals surface area (Å²) in [6.45, 7) is 4.38. The fraction of sp³-hybridized carbons (Fsp3) is 0.625. The van der Waals surface area contributed by atoms with Gasteiger partial charge in [0.2, 0.25) is 0 Å². The van der Waals surface area contributed by atoms with E-state index in [2.05, 4.69) is 13.8 Å². The van der Waals surface area contributed by atoms with Crippen LogP contribution in [0.4, 0.5) is 5.69 Å². The zero-order valence-corrected chi connectivity index (χ0v) is 11.6. The molecule has 1 aromatic rings. The molecule has 1 fully saturated rings. The van der Waals surface area contributed by atoms with Crippen molar-refractivity contribution in [2.45, 2.75) is 58.0 Å². The van der Waals surface area contributed by atoms with E-state index in [-0.39, 0.29) is 5.60 Å². The molecule has 1 aliphatic carbocycles. The van der Waals surface area contributed by atoms with E-state index in [0.29, 0.717) is 0 Å². The molecule has 1 aliphatic rings. The average Bonchev–Trinajstić information content (AvgIpc) is 2.32. The van der Waals surface area contributed by atoms with Crippen LogP contribution in [0.5, 0.6) is 5.75 Å². The van der Waals surface area contributed by atoms with Gasteiger partial charge in [-0.25, -0.2) is 0 Å². The first-order valence-corrected chi connectivity index (χ1v) is 7.10. The highest BCUT2D eigenvalue weighted by atomic mass is 16.5. The molecule has 1 aromatic carbocycles. The van der Waals surface area contributed by atoms with Crippen LogP contribution in [0.3, 0.4) is 0 Å². The Hall–Kier alpha value is -1.18. The van der Waals surface area contributed by atoms with Gasteiger partial charge in [0.15, 0.2) is 0 Å². The second-order valence-corrected chi connectivity index (χ2v) is 6.14. The number of hydrogen-bond donors (Lipinski definition) is 1. The van der Waals surface area contributed by atoms with E-state index in [1.165, 1.54) is 32.1 Å². The van der Waals surface area contributed by atoms with E-state index in [4.69, 9.17) is 10.5 Å². The lowest BCUT2D eigenvalue weighted by atomic mass is 9.82. The minimum atomic E-state index is -0.0852. The molecule has 100 valence electrons. The third-order valence-corrected chi connectivity index (χ3v) is 3.78. The number of hydrogen-bond acceptors (Lipinski definition) is 2. The normalized spacial score (nSPS) is 17.7. The van der Waals surface area contributed by atoms with Gasteiger partial charge in [0.25, 0.3) is 0 Å². The minimum Gasteiger partial charge on any atom is -0.488 e. The maximum atomic E-state index is 6.10. The zero-order valence-electron chi connectivity index (χ0n) is 11.6. The third-order valence-electron chi connectivity index (χ3n) is 3.78. The Morgan fingerprint density at radius 2 is 1.72 bits per heavy atom. The fourth-order valence-electron chi connectivity index (χ4n) is 2.98. The second-order valence-electron chi connectivity index (χ2n) is 6.14. The van der Waals surface area contributed by atoms with E-state index in [1.807, 2.05) is 24.3 Å². The van der Waals surface area contributed by atoms with Crippen molar-refractivity contribution in [3.8, 4) is 5.75 Å². The van der Waals surface area contributed by atoms with Gasteiger partial charge in [-0.2, -0.15) is 0 Å². The molecule has 2 N–H and O–H groups in total. The molecule has 2 nitrogen and oxygen atoms in total. The Bertz CT molecular complexity index is 363. The van der Waals surface area contributed by atoms with E-state index < -0.39 is 0 Å². The van der Waals surface area contributed by atoms with Gasteiger partial charge in [-0.15, -0.1) is 0 Å². The van der Waals surface area contributed by atoms with E-state index in [0.717, 1.165) is 23.8 Å². The molecule has 0 atom stereocenters. The monoisotopic (exact) mass is 247 g/mol. The molecular weight excluding hydrogens is 222 g/mol. The van der Waals surface area contributed by atoms with Gasteiger partial charge in [0.05, 0.1) is 0 Å². The standard InChI is InChI=1S/C16H25NO/c1-16(2,12-13-6-4-3-5-7-13)18-15-10-8-14(17)9-11-15/h8-11,13H,3-7,12,17H2,1-2H3. The predicted molar refractivity (Wildman–Crippen MR) is 76.8 cm³/mol. The van der Waals surface area contributed by atoms with E-state index in [9.17, 15) is 0 Å². The molecule has 1 saturated carbocycles. The van der Waals surface area contributed by atoms with Crippen molar-refractivity contribution in [1.82, 2.24) is 0 Å². The van der Waals surface area contributed by atoms with Crippen LogP contribution in [0.2, 0.25) is 0 Å². The van der Waals surface area contributed by atoms with Gasteiger partial charge in [0.1, 0.15) is 11.4 Å². The van der Waals surface area contributed by atoms with Gasteiger partial charge < -0.3 is 10.5 Å². The molecule has 0 saturated heterocycles. The number of anilines is 1. The number of nitrogens with two attached hydrogens (primary N) is 1. The molecule has 0 spiro atoms. The first-order chi connectivity index (χ1) is 8.55. The summed E-state index contributed by atoms with van der Waals surface area (Å²) in [5.74, 6) is 1.76. The lowest BCUT2D eigenvalue weighted by Crippen LogP contribution is -2.31. The highest BCUT2D eigenvalue weighted by molar-refractivity contribution is 5.41. The largest absolute Gasteiger partial charge is 0.488 e. The molecule has 0 unspecified atom stereocenters. The van der Waals surface area contributed by atoms with Crippen molar-refractivity contribution in [1.29, 1.82) is 0 Å².